The monoisotopic (exact) mass is 416 g/mol. The summed E-state index contributed by atoms with van der Waals surface area (Å²) in [5, 5.41) is 5.55. The highest BCUT2D eigenvalue weighted by Crippen LogP contribution is 2.26. The SMILES string of the molecule is CCNC(=O)C(CC(C)C)NC(=O)c1ccccc1Oc1nc(OC)cc(OC)n1. The lowest BCUT2D eigenvalue weighted by Crippen LogP contribution is -2.47. The number of likely N-dealkylation sites (N-methyl/N-ethyl adjacent to an activating group) is 1. The van der Waals surface area contributed by atoms with Crippen LogP contribution in [-0.4, -0.2) is 48.6 Å². The summed E-state index contributed by atoms with van der Waals surface area (Å²) >= 11 is 0. The van der Waals surface area contributed by atoms with E-state index in [1.54, 1.807) is 24.3 Å². The van der Waals surface area contributed by atoms with Gasteiger partial charge in [-0.15, -0.1) is 0 Å². The van der Waals surface area contributed by atoms with Gasteiger partial charge in [0.25, 0.3) is 5.91 Å². The van der Waals surface area contributed by atoms with Gasteiger partial charge in [0.2, 0.25) is 17.7 Å². The van der Waals surface area contributed by atoms with Crippen molar-refractivity contribution < 1.29 is 23.8 Å². The quantitative estimate of drug-likeness (QED) is 0.612. The third-order valence-corrected chi connectivity index (χ3v) is 4.09. The van der Waals surface area contributed by atoms with Gasteiger partial charge in [-0.3, -0.25) is 9.59 Å². The minimum absolute atomic E-state index is 0.0334. The number of methoxy groups -OCH3 is 2. The molecular weight excluding hydrogens is 388 g/mol. The maximum atomic E-state index is 12.9. The number of carbonyl (C=O) groups excluding carboxylic acids is 2. The number of ether oxygens (including phenoxy) is 3. The van der Waals surface area contributed by atoms with Crippen LogP contribution in [0.3, 0.4) is 0 Å². The second-order valence-electron chi connectivity index (χ2n) is 6.88. The van der Waals surface area contributed by atoms with Crippen molar-refractivity contribution in [2.45, 2.75) is 33.2 Å². The van der Waals surface area contributed by atoms with Crippen LogP contribution in [-0.2, 0) is 4.79 Å². The Balaban J connectivity index is 2.27. The molecule has 2 N–H and O–H groups in total. The van der Waals surface area contributed by atoms with E-state index < -0.39 is 11.9 Å². The fourth-order valence-electron chi connectivity index (χ4n) is 2.72. The van der Waals surface area contributed by atoms with Crippen molar-refractivity contribution in [2.24, 2.45) is 5.92 Å². The Bertz CT molecular complexity index is 850. The molecule has 1 unspecified atom stereocenters. The number of amides is 2. The molecule has 0 bridgehead atoms. The standard InChI is InChI=1S/C21H28N4O5/c1-6-22-20(27)15(11-13(2)3)23-19(26)14-9-7-8-10-16(14)30-21-24-17(28-4)12-18(25-21)29-5/h7-10,12-13,15H,6,11H2,1-5H3,(H,22,27)(H,23,26). The molecule has 0 fully saturated rings. The van der Waals surface area contributed by atoms with Crippen molar-refractivity contribution in [2.75, 3.05) is 20.8 Å². The zero-order valence-electron chi connectivity index (χ0n) is 17.9. The van der Waals surface area contributed by atoms with Crippen molar-refractivity contribution in [3.05, 3.63) is 35.9 Å². The summed E-state index contributed by atoms with van der Waals surface area (Å²) in [7, 11) is 2.92. The Morgan fingerprint density at radius 1 is 1.07 bits per heavy atom. The molecule has 0 spiro atoms. The van der Waals surface area contributed by atoms with E-state index in [2.05, 4.69) is 20.6 Å². The van der Waals surface area contributed by atoms with Crippen molar-refractivity contribution in [3.63, 3.8) is 0 Å². The molecule has 1 atom stereocenters. The predicted molar refractivity (Wildman–Crippen MR) is 111 cm³/mol. The Hall–Kier alpha value is -3.36. The molecule has 2 amide bonds. The molecule has 9 nitrogen and oxygen atoms in total. The Morgan fingerprint density at radius 3 is 2.27 bits per heavy atom. The Labute approximate surface area is 176 Å². The molecule has 0 aliphatic carbocycles. The zero-order valence-corrected chi connectivity index (χ0v) is 17.9. The topological polar surface area (TPSA) is 112 Å². The Morgan fingerprint density at radius 2 is 1.70 bits per heavy atom. The molecule has 0 aliphatic rings. The van der Waals surface area contributed by atoms with Gasteiger partial charge in [0, 0.05) is 6.54 Å². The summed E-state index contributed by atoms with van der Waals surface area (Å²) in [5.41, 5.74) is 0.251. The molecular formula is C21H28N4O5. The fraction of sp³-hybridized carbons (Fsp3) is 0.429. The normalized spacial score (nSPS) is 11.5. The first-order valence-electron chi connectivity index (χ1n) is 9.70. The largest absolute Gasteiger partial charge is 0.481 e. The van der Waals surface area contributed by atoms with E-state index >= 15 is 0 Å². The van der Waals surface area contributed by atoms with Crippen LogP contribution in [0, 0.1) is 5.92 Å². The molecule has 0 saturated heterocycles. The van der Waals surface area contributed by atoms with Crippen LogP contribution in [0.2, 0.25) is 0 Å². The van der Waals surface area contributed by atoms with E-state index in [9.17, 15) is 9.59 Å². The third kappa shape index (κ3) is 6.33. The van der Waals surface area contributed by atoms with Crippen LogP contribution in [0.15, 0.2) is 30.3 Å². The molecule has 2 aromatic rings. The maximum absolute atomic E-state index is 12.9. The van der Waals surface area contributed by atoms with Gasteiger partial charge in [0.15, 0.2) is 0 Å². The van der Waals surface area contributed by atoms with Crippen molar-refractivity contribution in [1.29, 1.82) is 0 Å². The molecule has 1 aromatic heterocycles. The molecule has 0 aliphatic heterocycles. The molecule has 0 radical (unpaired) electrons. The van der Waals surface area contributed by atoms with Gasteiger partial charge in [-0.2, -0.15) is 9.97 Å². The first-order valence-corrected chi connectivity index (χ1v) is 9.70. The summed E-state index contributed by atoms with van der Waals surface area (Å²) in [4.78, 5) is 33.5. The highest BCUT2D eigenvalue weighted by Gasteiger charge is 2.24. The van der Waals surface area contributed by atoms with E-state index in [1.165, 1.54) is 20.3 Å². The molecule has 2 rings (SSSR count). The smallest absolute Gasteiger partial charge is 0.328 e. The summed E-state index contributed by atoms with van der Waals surface area (Å²) in [6.07, 6.45) is 0.511. The lowest BCUT2D eigenvalue weighted by Gasteiger charge is -2.20. The van der Waals surface area contributed by atoms with Gasteiger partial charge in [0.05, 0.1) is 25.8 Å². The minimum Gasteiger partial charge on any atom is -0.481 e. The summed E-state index contributed by atoms with van der Waals surface area (Å²) in [5.74, 6) is 0.321. The predicted octanol–water partition coefficient (Wildman–Crippen LogP) is 2.57. The van der Waals surface area contributed by atoms with Crippen LogP contribution in [0.1, 0.15) is 37.6 Å². The van der Waals surface area contributed by atoms with Gasteiger partial charge in [0.1, 0.15) is 11.8 Å². The molecule has 1 aromatic carbocycles. The molecule has 9 heteroatoms. The number of benzene rings is 1. The summed E-state index contributed by atoms with van der Waals surface area (Å²) < 4.78 is 16.0. The summed E-state index contributed by atoms with van der Waals surface area (Å²) in [6, 6.07) is 7.47. The highest BCUT2D eigenvalue weighted by molar-refractivity contribution is 5.99. The lowest BCUT2D eigenvalue weighted by molar-refractivity contribution is -0.123. The number of hydrogen-bond acceptors (Lipinski definition) is 7. The fourth-order valence-corrected chi connectivity index (χ4v) is 2.72. The summed E-state index contributed by atoms with van der Waals surface area (Å²) in [6.45, 7) is 6.29. The van der Waals surface area contributed by atoms with Crippen LogP contribution in [0.4, 0.5) is 0 Å². The van der Waals surface area contributed by atoms with Crippen molar-refractivity contribution in [3.8, 4) is 23.5 Å². The van der Waals surface area contributed by atoms with Gasteiger partial charge >= 0.3 is 6.01 Å². The number of nitrogens with one attached hydrogen (secondary N) is 2. The van der Waals surface area contributed by atoms with Crippen LogP contribution >= 0.6 is 0 Å². The van der Waals surface area contributed by atoms with Crippen molar-refractivity contribution in [1.82, 2.24) is 20.6 Å². The number of rotatable bonds is 10. The first kappa shape index (κ1) is 22.9. The third-order valence-electron chi connectivity index (χ3n) is 4.09. The second-order valence-corrected chi connectivity index (χ2v) is 6.88. The van der Waals surface area contributed by atoms with Crippen LogP contribution in [0.5, 0.6) is 23.5 Å². The minimum atomic E-state index is -0.654. The average molecular weight is 416 g/mol. The van der Waals surface area contributed by atoms with Crippen LogP contribution < -0.4 is 24.8 Å². The zero-order chi connectivity index (χ0) is 22.1. The number of aromatic nitrogens is 2. The molecule has 0 saturated carbocycles. The van der Waals surface area contributed by atoms with E-state index in [0.717, 1.165) is 0 Å². The van der Waals surface area contributed by atoms with E-state index in [4.69, 9.17) is 14.2 Å². The second kappa shape index (κ2) is 11.0. The van der Waals surface area contributed by atoms with Gasteiger partial charge < -0.3 is 24.8 Å². The molecule has 162 valence electrons. The van der Waals surface area contributed by atoms with E-state index in [0.29, 0.717) is 13.0 Å². The molecule has 1 heterocycles. The number of para-hydroxylation sites is 1. The van der Waals surface area contributed by atoms with Crippen molar-refractivity contribution >= 4 is 11.8 Å². The lowest BCUT2D eigenvalue weighted by atomic mass is 10.0. The number of hydrogen-bond donors (Lipinski definition) is 2. The van der Waals surface area contributed by atoms with E-state index in [-0.39, 0.29) is 40.9 Å². The van der Waals surface area contributed by atoms with Crippen LogP contribution in [0.25, 0.3) is 0 Å². The van der Waals surface area contributed by atoms with Gasteiger partial charge in [-0.25, -0.2) is 0 Å². The van der Waals surface area contributed by atoms with Gasteiger partial charge in [-0.05, 0) is 31.4 Å². The van der Waals surface area contributed by atoms with Gasteiger partial charge in [-0.1, -0.05) is 26.0 Å². The average Bonchev–Trinajstić information content (AvgIpc) is 2.73. The van der Waals surface area contributed by atoms with E-state index in [1.807, 2.05) is 20.8 Å². The maximum Gasteiger partial charge on any atom is 0.328 e. The number of carbonyl (C=O) groups is 2. The number of nitrogens with zero attached hydrogens (tertiary/aromatic N) is 2. The molecule has 30 heavy (non-hydrogen) atoms. The first-order chi connectivity index (χ1) is 14.4. The highest BCUT2D eigenvalue weighted by atomic mass is 16.5. The Kier molecular flexibility index (Phi) is 8.40.